The van der Waals surface area contributed by atoms with Crippen molar-refractivity contribution in [1.29, 1.82) is 0 Å². The quantitative estimate of drug-likeness (QED) is 0.673. The number of rotatable bonds is 3. The molecular weight excluding hydrogens is 164 g/mol. The highest BCUT2D eigenvalue weighted by atomic mass is 16.1. The van der Waals surface area contributed by atoms with E-state index in [9.17, 15) is 4.79 Å². The van der Waals surface area contributed by atoms with Gasteiger partial charge in [0, 0.05) is 12.0 Å². The molecule has 1 aliphatic heterocycles. The van der Waals surface area contributed by atoms with Crippen LogP contribution in [0.1, 0.15) is 32.6 Å². The fraction of sp³-hybridized carbons (Fsp3) is 0.900. The summed E-state index contributed by atoms with van der Waals surface area (Å²) in [5.41, 5.74) is 0.133. The summed E-state index contributed by atoms with van der Waals surface area (Å²) < 4.78 is 0. The minimum atomic E-state index is 0.133. The van der Waals surface area contributed by atoms with Gasteiger partial charge in [-0.15, -0.1) is 0 Å². The molecule has 2 rings (SSSR count). The minimum absolute atomic E-state index is 0.133. The van der Waals surface area contributed by atoms with Crippen molar-refractivity contribution in [2.45, 2.75) is 38.1 Å². The molecule has 1 saturated heterocycles. The summed E-state index contributed by atoms with van der Waals surface area (Å²) in [6.45, 7) is 4.18. The maximum atomic E-state index is 11.5. The van der Waals surface area contributed by atoms with Crippen LogP contribution >= 0.6 is 0 Å². The molecule has 1 saturated carbocycles. The maximum Gasteiger partial charge on any atom is 0.220 e. The molecule has 0 aromatic heterocycles. The van der Waals surface area contributed by atoms with Crippen molar-refractivity contribution in [2.24, 2.45) is 5.92 Å². The fourth-order valence-corrected chi connectivity index (χ4v) is 1.97. The van der Waals surface area contributed by atoms with Gasteiger partial charge >= 0.3 is 0 Å². The van der Waals surface area contributed by atoms with Gasteiger partial charge in [0.05, 0.1) is 0 Å². The molecule has 1 aliphatic carbocycles. The van der Waals surface area contributed by atoms with Crippen LogP contribution in [0, 0.1) is 5.92 Å². The van der Waals surface area contributed by atoms with E-state index in [1.54, 1.807) is 0 Å². The lowest BCUT2D eigenvalue weighted by Crippen LogP contribution is -2.53. The van der Waals surface area contributed by atoms with E-state index in [2.05, 4.69) is 17.6 Å². The van der Waals surface area contributed by atoms with Gasteiger partial charge in [0.15, 0.2) is 0 Å². The highest BCUT2D eigenvalue weighted by Crippen LogP contribution is 2.31. The van der Waals surface area contributed by atoms with E-state index in [1.165, 1.54) is 6.42 Å². The molecular formula is C10H18N2O. The van der Waals surface area contributed by atoms with Crippen molar-refractivity contribution >= 4 is 5.91 Å². The molecule has 0 bridgehead atoms. The summed E-state index contributed by atoms with van der Waals surface area (Å²) in [6, 6.07) is 0. The minimum Gasteiger partial charge on any atom is -0.351 e. The SMILES string of the molecule is CC1(NC(=O)CC2CNC2)CCC1. The first-order chi connectivity index (χ1) is 6.18. The first-order valence-electron chi connectivity index (χ1n) is 5.20. The van der Waals surface area contributed by atoms with Gasteiger partial charge < -0.3 is 10.6 Å². The summed E-state index contributed by atoms with van der Waals surface area (Å²) >= 11 is 0. The number of nitrogens with one attached hydrogen (secondary N) is 2. The lowest BCUT2D eigenvalue weighted by Gasteiger charge is -2.40. The Bertz CT molecular complexity index is 207. The van der Waals surface area contributed by atoms with Gasteiger partial charge in [-0.05, 0) is 45.2 Å². The van der Waals surface area contributed by atoms with Crippen LogP contribution < -0.4 is 10.6 Å². The Morgan fingerprint density at radius 2 is 2.23 bits per heavy atom. The average molecular weight is 182 g/mol. The predicted molar refractivity (Wildman–Crippen MR) is 51.4 cm³/mol. The van der Waals surface area contributed by atoms with Gasteiger partial charge in [0.1, 0.15) is 0 Å². The van der Waals surface area contributed by atoms with Crippen LogP contribution in [0.25, 0.3) is 0 Å². The fourth-order valence-electron chi connectivity index (χ4n) is 1.97. The molecule has 0 atom stereocenters. The molecule has 0 unspecified atom stereocenters. The van der Waals surface area contributed by atoms with E-state index < -0.39 is 0 Å². The van der Waals surface area contributed by atoms with Gasteiger partial charge in [-0.3, -0.25) is 4.79 Å². The van der Waals surface area contributed by atoms with Crippen LogP contribution in [0.5, 0.6) is 0 Å². The normalized spacial score (nSPS) is 25.9. The van der Waals surface area contributed by atoms with Crippen molar-refractivity contribution in [1.82, 2.24) is 10.6 Å². The monoisotopic (exact) mass is 182 g/mol. The Hall–Kier alpha value is -0.570. The van der Waals surface area contributed by atoms with E-state index in [0.717, 1.165) is 25.9 Å². The molecule has 74 valence electrons. The van der Waals surface area contributed by atoms with Crippen LogP contribution in [0.15, 0.2) is 0 Å². The Morgan fingerprint density at radius 1 is 1.54 bits per heavy atom. The average Bonchev–Trinajstić information content (AvgIpc) is 1.94. The first kappa shape index (κ1) is 9.00. The van der Waals surface area contributed by atoms with Gasteiger partial charge in [-0.1, -0.05) is 0 Å². The van der Waals surface area contributed by atoms with Crippen molar-refractivity contribution in [3.63, 3.8) is 0 Å². The smallest absolute Gasteiger partial charge is 0.220 e. The van der Waals surface area contributed by atoms with Crippen LogP contribution in [0.3, 0.4) is 0 Å². The molecule has 2 fully saturated rings. The third kappa shape index (κ3) is 2.02. The van der Waals surface area contributed by atoms with Crippen LogP contribution in [0.2, 0.25) is 0 Å². The number of hydrogen-bond donors (Lipinski definition) is 2. The molecule has 0 aromatic rings. The predicted octanol–water partition coefficient (Wildman–Crippen LogP) is 0.655. The second-order valence-electron chi connectivity index (χ2n) is 4.69. The first-order valence-corrected chi connectivity index (χ1v) is 5.20. The lowest BCUT2D eigenvalue weighted by molar-refractivity contribution is -0.125. The van der Waals surface area contributed by atoms with E-state index in [1.807, 2.05) is 0 Å². The van der Waals surface area contributed by atoms with Gasteiger partial charge in [0.25, 0.3) is 0 Å². The standard InChI is InChI=1S/C10H18N2O/c1-10(3-2-4-10)12-9(13)5-8-6-11-7-8/h8,11H,2-7H2,1H3,(H,12,13). The molecule has 0 spiro atoms. The van der Waals surface area contributed by atoms with Crippen molar-refractivity contribution in [3.8, 4) is 0 Å². The summed E-state index contributed by atoms with van der Waals surface area (Å²) in [4.78, 5) is 11.5. The number of carbonyl (C=O) groups excluding carboxylic acids is 1. The zero-order valence-electron chi connectivity index (χ0n) is 8.23. The second kappa shape index (κ2) is 3.29. The van der Waals surface area contributed by atoms with Gasteiger partial charge in [-0.25, -0.2) is 0 Å². The third-order valence-electron chi connectivity index (χ3n) is 3.24. The maximum absolute atomic E-state index is 11.5. The Balaban J connectivity index is 1.71. The van der Waals surface area contributed by atoms with Gasteiger partial charge in [-0.2, -0.15) is 0 Å². The van der Waals surface area contributed by atoms with E-state index in [-0.39, 0.29) is 11.4 Å². The lowest BCUT2D eigenvalue weighted by atomic mass is 9.78. The van der Waals surface area contributed by atoms with Crippen molar-refractivity contribution in [2.75, 3.05) is 13.1 Å². The highest BCUT2D eigenvalue weighted by Gasteiger charge is 2.33. The summed E-state index contributed by atoms with van der Waals surface area (Å²) in [5, 5.41) is 6.30. The Morgan fingerprint density at radius 3 is 2.62 bits per heavy atom. The number of hydrogen-bond acceptors (Lipinski definition) is 2. The molecule has 0 aromatic carbocycles. The number of amides is 1. The van der Waals surface area contributed by atoms with Crippen molar-refractivity contribution in [3.05, 3.63) is 0 Å². The third-order valence-corrected chi connectivity index (χ3v) is 3.24. The zero-order chi connectivity index (χ0) is 9.31. The van der Waals surface area contributed by atoms with E-state index in [0.29, 0.717) is 12.3 Å². The molecule has 13 heavy (non-hydrogen) atoms. The second-order valence-corrected chi connectivity index (χ2v) is 4.69. The van der Waals surface area contributed by atoms with Gasteiger partial charge in [0.2, 0.25) is 5.91 Å². The number of carbonyl (C=O) groups is 1. The topological polar surface area (TPSA) is 41.1 Å². The largest absolute Gasteiger partial charge is 0.351 e. The van der Waals surface area contributed by atoms with E-state index in [4.69, 9.17) is 0 Å². The Kier molecular flexibility index (Phi) is 2.28. The highest BCUT2D eigenvalue weighted by molar-refractivity contribution is 5.77. The molecule has 3 heteroatoms. The molecule has 1 amide bonds. The zero-order valence-corrected chi connectivity index (χ0v) is 8.23. The van der Waals surface area contributed by atoms with Crippen LogP contribution in [0.4, 0.5) is 0 Å². The molecule has 2 N–H and O–H groups in total. The van der Waals surface area contributed by atoms with Crippen molar-refractivity contribution < 1.29 is 4.79 Å². The molecule has 0 radical (unpaired) electrons. The van der Waals surface area contributed by atoms with E-state index >= 15 is 0 Å². The van der Waals surface area contributed by atoms with Crippen LogP contribution in [-0.4, -0.2) is 24.5 Å². The molecule has 2 aliphatic rings. The molecule has 3 nitrogen and oxygen atoms in total. The Labute approximate surface area is 79.3 Å². The molecule has 1 heterocycles. The summed E-state index contributed by atoms with van der Waals surface area (Å²) in [7, 11) is 0. The summed E-state index contributed by atoms with van der Waals surface area (Å²) in [6.07, 6.45) is 4.29. The van der Waals surface area contributed by atoms with Crippen LogP contribution in [-0.2, 0) is 4.79 Å². The summed E-state index contributed by atoms with van der Waals surface area (Å²) in [5.74, 6) is 0.831.